The van der Waals surface area contributed by atoms with Gasteiger partial charge in [0.15, 0.2) is 12.4 Å². The zero-order valence-electron chi connectivity index (χ0n) is 15.6. The molecular weight excluding hydrogens is 306 g/mol. The highest BCUT2D eigenvalue weighted by Crippen LogP contribution is 2.21. The van der Waals surface area contributed by atoms with Crippen LogP contribution in [0.4, 0.5) is 0 Å². The summed E-state index contributed by atoms with van der Waals surface area (Å²) in [6.45, 7) is 12.7. The molecule has 1 rings (SSSR count). The second-order valence-corrected chi connectivity index (χ2v) is 8.63. The summed E-state index contributed by atoms with van der Waals surface area (Å²) in [5.74, 6) is 0. The Labute approximate surface area is 143 Å². The van der Waals surface area contributed by atoms with Crippen molar-refractivity contribution in [2.45, 2.75) is 85.3 Å². The highest BCUT2D eigenvalue weighted by molar-refractivity contribution is 6.59. The lowest BCUT2D eigenvalue weighted by molar-refractivity contribution is -0.685. The van der Waals surface area contributed by atoms with Crippen molar-refractivity contribution in [3.8, 4) is 0 Å². The first-order chi connectivity index (χ1) is 10.9. The molecule has 0 fully saturated rings. The number of pyridine rings is 1. The molecule has 0 amide bonds. The van der Waals surface area contributed by atoms with E-state index in [9.17, 15) is 0 Å². The third kappa shape index (κ3) is 7.12. The van der Waals surface area contributed by atoms with E-state index in [1.807, 2.05) is 30.6 Å². The van der Waals surface area contributed by atoms with E-state index in [0.717, 1.165) is 19.3 Å². The first kappa shape index (κ1) is 20.3. The van der Waals surface area contributed by atoms with E-state index in [2.05, 4.69) is 46.1 Å². The van der Waals surface area contributed by atoms with Crippen LogP contribution in [0.3, 0.4) is 0 Å². The van der Waals surface area contributed by atoms with E-state index in [1.54, 1.807) is 0 Å². The maximum absolute atomic E-state index is 6.41. The minimum absolute atomic E-state index is 0.124. The molecule has 3 unspecified atom stereocenters. The van der Waals surface area contributed by atoms with Gasteiger partial charge in [-0.05, 0) is 40.0 Å². The quantitative estimate of drug-likeness (QED) is 0.452. The lowest BCUT2D eigenvalue weighted by atomic mass is 10.3. The van der Waals surface area contributed by atoms with Crippen LogP contribution in [0.15, 0.2) is 30.6 Å². The van der Waals surface area contributed by atoms with Crippen LogP contribution in [0, 0.1) is 0 Å². The average Bonchev–Trinajstić information content (AvgIpc) is 2.55. The molecule has 0 radical (unpaired) electrons. The van der Waals surface area contributed by atoms with Gasteiger partial charge in [-0.25, -0.2) is 4.57 Å². The Morgan fingerprint density at radius 3 is 1.48 bits per heavy atom. The van der Waals surface area contributed by atoms with Gasteiger partial charge in [-0.15, -0.1) is 0 Å². The fourth-order valence-electron chi connectivity index (χ4n) is 2.13. The summed E-state index contributed by atoms with van der Waals surface area (Å²) in [4.78, 5) is 0. The Balaban J connectivity index is 3.08. The Kier molecular flexibility index (Phi) is 8.98. The second kappa shape index (κ2) is 10.2. The summed E-state index contributed by atoms with van der Waals surface area (Å²) in [5.41, 5.74) is 0. The lowest BCUT2D eigenvalue weighted by Crippen LogP contribution is -2.61. The Morgan fingerprint density at radius 1 is 0.739 bits per heavy atom. The summed E-state index contributed by atoms with van der Waals surface area (Å²) in [6, 6.07) is 6.06. The van der Waals surface area contributed by atoms with Crippen molar-refractivity contribution in [1.29, 1.82) is 0 Å². The normalized spacial score (nSPS) is 18.2. The van der Waals surface area contributed by atoms with Gasteiger partial charge in [0.2, 0.25) is 6.17 Å². The molecule has 132 valence electrons. The van der Waals surface area contributed by atoms with Crippen LogP contribution < -0.4 is 4.57 Å². The first-order valence-corrected chi connectivity index (χ1v) is 10.8. The van der Waals surface area contributed by atoms with Crippen LogP contribution in [-0.2, 0) is 19.4 Å². The maximum Gasteiger partial charge on any atom is 0.571 e. The monoisotopic (exact) mass is 340 g/mol. The Morgan fingerprint density at radius 2 is 1.13 bits per heavy atom. The molecule has 0 aromatic carbocycles. The summed E-state index contributed by atoms with van der Waals surface area (Å²) >= 11 is 0. The second-order valence-electron chi connectivity index (χ2n) is 6.24. The molecule has 0 saturated carbocycles. The molecule has 1 heterocycles. The molecule has 4 nitrogen and oxygen atoms in total. The van der Waals surface area contributed by atoms with Crippen molar-refractivity contribution >= 4 is 8.80 Å². The fourth-order valence-corrected chi connectivity index (χ4v) is 5.52. The number of hydrogen-bond acceptors (Lipinski definition) is 3. The minimum Gasteiger partial charge on any atom is -0.367 e. The SMILES string of the molecule is CCC(C)O[Si](C[n+]1ccccc1)(OC(C)CC)OC(C)CC. The third-order valence-corrected chi connectivity index (χ3v) is 7.06. The predicted molar refractivity (Wildman–Crippen MR) is 94.9 cm³/mol. The molecule has 5 heteroatoms. The summed E-state index contributed by atoms with van der Waals surface area (Å²) < 4.78 is 21.3. The highest BCUT2D eigenvalue weighted by atomic mass is 28.4. The minimum atomic E-state index is -2.83. The maximum atomic E-state index is 6.41. The van der Waals surface area contributed by atoms with Gasteiger partial charge in [0.05, 0.1) is 0 Å². The molecule has 0 N–H and O–H groups in total. The molecule has 3 atom stereocenters. The van der Waals surface area contributed by atoms with Crippen molar-refractivity contribution in [3.63, 3.8) is 0 Å². The van der Waals surface area contributed by atoms with Crippen molar-refractivity contribution < 1.29 is 17.8 Å². The van der Waals surface area contributed by atoms with Crippen LogP contribution in [0.1, 0.15) is 60.8 Å². The van der Waals surface area contributed by atoms with Crippen LogP contribution in [-0.4, -0.2) is 27.1 Å². The topological polar surface area (TPSA) is 31.6 Å². The van der Waals surface area contributed by atoms with Gasteiger partial charge in [0, 0.05) is 30.4 Å². The number of hydrogen-bond donors (Lipinski definition) is 0. The zero-order valence-corrected chi connectivity index (χ0v) is 16.6. The van der Waals surface area contributed by atoms with Gasteiger partial charge in [-0.3, -0.25) is 0 Å². The summed E-state index contributed by atoms with van der Waals surface area (Å²) in [5, 5.41) is 0. The summed E-state index contributed by atoms with van der Waals surface area (Å²) in [7, 11) is -2.83. The van der Waals surface area contributed by atoms with E-state index in [0.29, 0.717) is 6.17 Å². The zero-order chi connectivity index (χ0) is 17.3. The highest BCUT2D eigenvalue weighted by Gasteiger charge is 2.50. The Bertz CT molecular complexity index is 398. The number of nitrogens with zero attached hydrogens (tertiary/aromatic N) is 1. The fraction of sp³-hybridized carbons (Fsp3) is 0.722. The van der Waals surface area contributed by atoms with Crippen LogP contribution in [0.25, 0.3) is 0 Å². The van der Waals surface area contributed by atoms with Crippen LogP contribution in [0.5, 0.6) is 0 Å². The molecule has 1 aromatic rings. The summed E-state index contributed by atoms with van der Waals surface area (Å²) in [6.07, 6.45) is 7.94. The van der Waals surface area contributed by atoms with Gasteiger partial charge < -0.3 is 13.3 Å². The molecule has 0 bridgehead atoms. The van der Waals surface area contributed by atoms with Crippen molar-refractivity contribution in [2.24, 2.45) is 0 Å². The molecule has 0 saturated heterocycles. The van der Waals surface area contributed by atoms with Crippen molar-refractivity contribution in [3.05, 3.63) is 30.6 Å². The average molecular weight is 341 g/mol. The largest absolute Gasteiger partial charge is 0.571 e. The molecule has 0 spiro atoms. The predicted octanol–water partition coefficient (Wildman–Crippen LogP) is 3.90. The van der Waals surface area contributed by atoms with Gasteiger partial charge >= 0.3 is 8.80 Å². The molecule has 0 aliphatic carbocycles. The molecular formula is C18H34NO3Si+. The third-order valence-electron chi connectivity index (χ3n) is 4.02. The Hall–Kier alpha value is -0.753. The van der Waals surface area contributed by atoms with Crippen LogP contribution >= 0.6 is 0 Å². The van der Waals surface area contributed by atoms with Gasteiger partial charge in [0.1, 0.15) is 0 Å². The first-order valence-electron chi connectivity index (χ1n) is 8.92. The van der Waals surface area contributed by atoms with Crippen LogP contribution in [0.2, 0.25) is 0 Å². The lowest BCUT2D eigenvalue weighted by Gasteiger charge is -2.33. The van der Waals surface area contributed by atoms with Gasteiger partial charge in [-0.2, -0.15) is 0 Å². The molecule has 0 aliphatic rings. The molecule has 1 aromatic heterocycles. The van der Waals surface area contributed by atoms with E-state index >= 15 is 0 Å². The number of rotatable bonds is 11. The van der Waals surface area contributed by atoms with Crippen molar-refractivity contribution in [2.75, 3.05) is 0 Å². The molecule has 0 aliphatic heterocycles. The van der Waals surface area contributed by atoms with Gasteiger partial charge in [-0.1, -0.05) is 26.8 Å². The van der Waals surface area contributed by atoms with E-state index in [4.69, 9.17) is 13.3 Å². The van der Waals surface area contributed by atoms with E-state index in [-0.39, 0.29) is 18.3 Å². The number of aromatic nitrogens is 1. The van der Waals surface area contributed by atoms with Crippen molar-refractivity contribution in [1.82, 2.24) is 0 Å². The smallest absolute Gasteiger partial charge is 0.367 e. The van der Waals surface area contributed by atoms with Gasteiger partial charge in [0.25, 0.3) is 0 Å². The van der Waals surface area contributed by atoms with E-state index < -0.39 is 8.80 Å². The van der Waals surface area contributed by atoms with E-state index in [1.165, 1.54) is 0 Å². The standard InChI is InChI=1S/C18H34NO3Si/c1-7-16(4)20-23(21-17(5)8-2,22-18(6)9-3)15-19-13-11-10-12-14-19/h10-14,16-18H,7-9,15H2,1-6H3/q+1. The molecule has 23 heavy (non-hydrogen) atoms.